The zero-order valence-corrected chi connectivity index (χ0v) is 11.6. The van der Waals surface area contributed by atoms with E-state index in [4.69, 9.17) is 11.6 Å². The van der Waals surface area contributed by atoms with Crippen molar-refractivity contribution in [2.24, 2.45) is 0 Å². The molecule has 3 heteroatoms. The quantitative estimate of drug-likeness (QED) is 0.753. The number of hydrogen-bond acceptors (Lipinski definition) is 1. The zero-order chi connectivity index (χ0) is 11.3. The molecule has 0 saturated carbocycles. The van der Waals surface area contributed by atoms with Crippen molar-refractivity contribution in [1.82, 2.24) is 4.90 Å². The first-order valence-corrected chi connectivity index (χ1v) is 6.43. The molecule has 1 nitrogen and oxygen atoms in total. The minimum atomic E-state index is 0.845. The Balaban J connectivity index is 2.70. The average molecular weight is 289 g/mol. The molecule has 0 aliphatic heterocycles. The van der Waals surface area contributed by atoms with E-state index in [2.05, 4.69) is 40.4 Å². The Morgan fingerprint density at radius 2 is 1.87 bits per heavy atom. The molecular weight excluding hydrogens is 273 g/mol. The van der Waals surface area contributed by atoms with E-state index in [1.165, 1.54) is 10.1 Å². The Morgan fingerprint density at radius 3 is 2.40 bits per heavy atom. The van der Waals surface area contributed by atoms with Crippen LogP contribution in [0.2, 0.25) is 5.02 Å². The van der Waals surface area contributed by atoms with E-state index >= 15 is 0 Å². The summed E-state index contributed by atoms with van der Waals surface area (Å²) in [4.78, 5) is 2.31. The van der Waals surface area contributed by atoms with Gasteiger partial charge >= 0.3 is 105 Å². The van der Waals surface area contributed by atoms with Crippen molar-refractivity contribution >= 4 is 31.7 Å². The van der Waals surface area contributed by atoms with Crippen LogP contribution in [0.15, 0.2) is 24.3 Å². The molecule has 82 valence electrons. The molecule has 1 aromatic rings. The third kappa shape index (κ3) is 3.64. The second-order valence-corrected chi connectivity index (χ2v) is 4.73. The van der Waals surface area contributed by atoms with Crippen molar-refractivity contribution in [3.8, 4) is 0 Å². The Kier molecular flexibility index (Phi) is 5.38. The van der Waals surface area contributed by atoms with Gasteiger partial charge in [-0.25, -0.2) is 0 Å². The van der Waals surface area contributed by atoms with Gasteiger partial charge in [0, 0.05) is 0 Å². The molecule has 0 saturated heterocycles. The molecule has 0 spiro atoms. The fourth-order valence-electron chi connectivity index (χ4n) is 1.49. The molecule has 0 aromatic heterocycles. The van der Waals surface area contributed by atoms with Crippen molar-refractivity contribution in [1.29, 1.82) is 0 Å². The number of hydrogen-bond donors (Lipinski definition) is 0. The maximum absolute atomic E-state index is 6.11. The van der Waals surface area contributed by atoms with E-state index in [0.717, 1.165) is 24.5 Å². The maximum atomic E-state index is 6.11. The van der Waals surface area contributed by atoms with Crippen LogP contribution in [0.25, 0.3) is 0 Å². The van der Waals surface area contributed by atoms with Crippen LogP contribution >= 0.6 is 11.6 Å². The predicted octanol–water partition coefficient (Wildman–Crippen LogP) is 2.52. The van der Waals surface area contributed by atoms with Gasteiger partial charge in [0.05, 0.1) is 0 Å². The van der Waals surface area contributed by atoms with Crippen molar-refractivity contribution in [2.75, 3.05) is 13.1 Å². The molecule has 1 rings (SSSR count). The first-order valence-electron chi connectivity index (χ1n) is 5.20. The molecule has 0 radical (unpaired) electrons. The fourth-order valence-corrected chi connectivity index (χ4v) is 2.56. The summed E-state index contributed by atoms with van der Waals surface area (Å²) in [7, 11) is 0. The Bertz CT molecular complexity index is 334. The monoisotopic (exact) mass is 289 g/mol. The number of halogens is 1. The van der Waals surface area contributed by atoms with E-state index in [9.17, 15) is 0 Å². The summed E-state index contributed by atoms with van der Waals surface area (Å²) in [6.07, 6.45) is 0.890. The van der Waals surface area contributed by atoms with E-state index in [1.807, 2.05) is 18.2 Å². The fraction of sp³-hybridized carbons (Fsp3) is 0.417. The van der Waals surface area contributed by atoms with Crippen LogP contribution in [-0.2, 0) is 6.42 Å². The van der Waals surface area contributed by atoms with Crippen molar-refractivity contribution in [3.05, 3.63) is 34.9 Å². The van der Waals surface area contributed by atoms with Crippen LogP contribution in [-0.4, -0.2) is 38.1 Å². The van der Waals surface area contributed by atoms with Crippen molar-refractivity contribution in [3.63, 3.8) is 0 Å². The average Bonchev–Trinajstić information content (AvgIpc) is 2.23. The summed E-state index contributed by atoms with van der Waals surface area (Å²) in [5.41, 5.74) is 1.18. The summed E-state index contributed by atoms with van der Waals surface area (Å²) in [6, 6.07) is 7.99. The van der Waals surface area contributed by atoms with Gasteiger partial charge < -0.3 is 0 Å². The van der Waals surface area contributed by atoms with Gasteiger partial charge in [0.25, 0.3) is 0 Å². The van der Waals surface area contributed by atoms with E-state index < -0.39 is 0 Å². The Morgan fingerprint density at radius 1 is 1.27 bits per heavy atom. The van der Waals surface area contributed by atoms with Crippen LogP contribution in [0, 0.1) is 0 Å². The SMILES string of the molecule is CCN(CC)C(=[Se])Cc1ccccc1Cl. The minimum absolute atomic E-state index is 0.845. The molecule has 0 atom stereocenters. The zero-order valence-electron chi connectivity index (χ0n) is 9.16. The summed E-state index contributed by atoms with van der Waals surface area (Å²) in [5, 5.41) is 0.845. The van der Waals surface area contributed by atoms with Gasteiger partial charge in [-0.05, 0) is 0 Å². The first kappa shape index (κ1) is 12.8. The Labute approximate surface area is 105 Å². The molecule has 1 aromatic carbocycles. The second-order valence-electron chi connectivity index (χ2n) is 3.33. The molecule has 0 unspecified atom stereocenters. The second kappa shape index (κ2) is 6.32. The third-order valence-electron chi connectivity index (χ3n) is 2.42. The topological polar surface area (TPSA) is 3.24 Å². The van der Waals surface area contributed by atoms with Gasteiger partial charge in [0.1, 0.15) is 0 Å². The summed E-state index contributed by atoms with van der Waals surface area (Å²) >= 11 is 9.25. The first-order chi connectivity index (χ1) is 7.19. The Hall–Kier alpha value is -0.301. The van der Waals surface area contributed by atoms with E-state index in [1.54, 1.807) is 0 Å². The summed E-state index contributed by atoms with van der Waals surface area (Å²) in [5.74, 6) is 0. The van der Waals surface area contributed by atoms with Crippen LogP contribution < -0.4 is 0 Å². The molecular formula is C12H16ClNSe. The number of likely N-dealkylation sites (N-methyl/N-ethyl adjacent to an activating group) is 1. The van der Waals surface area contributed by atoms with Gasteiger partial charge in [0.2, 0.25) is 0 Å². The van der Waals surface area contributed by atoms with Gasteiger partial charge in [-0.15, -0.1) is 0 Å². The standard InChI is InChI=1S/C12H16ClNSe/c1-3-14(4-2)12(15)9-10-7-5-6-8-11(10)13/h5-8H,3-4,9H2,1-2H3. The van der Waals surface area contributed by atoms with Crippen LogP contribution in [0.3, 0.4) is 0 Å². The van der Waals surface area contributed by atoms with E-state index in [0.29, 0.717) is 0 Å². The van der Waals surface area contributed by atoms with E-state index in [-0.39, 0.29) is 0 Å². The molecule has 15 heavy (non-hydrogen) atoms. The number of rotatable bonds is 5. The molecule has 0 heterocycles. The third-order valence-corrected chi connectivity index (χ3v) is 3.63. The van der Waals surface area contributed by atoms with Crippen molar-refractivity contribution in [2.45, 2.75) is 20.3 Å². The molecule has 0 aliphatic rings. The number of benzene rings is 1. The summed E-state index contributed by atoms with van der Waals surface area (Å²) in [6.45, 7) is 6.38. The molecule has 0 aliphatic carbocycles. The van der Waals surface area contributed by atoms with Gasteiger partial charge in [0.15, 0.2) is 0 Å². The normalized spacial score (nSPS) is 10.1. The molecule has 0 N–H and O–H groups in total. The molecule has 0 amide bonds. The van der Waals surface area contributed by atoms with Gasteiger partial charge in [-0.1, -0.05) is 0 Å². The van der Waals surface area contributed by atoms with Crippen LogP contribution in [0.4, 0.5) is 0 Å². The predicted molar refractivity (Wildman–Crippen MR) is 68.8 cm³/mol. The van der Waals surface area contributed by atoms with Gasteiger partial charge in [-0.2, -0.15) is 0 Å². The van der Waals surface area contributed by atoms with Crippen LogP contribution in [0.5, 0.6) is 0 Å². The van der Waals surface area contributed by atoms with Crippen molar-refractivity contribution < 1.29 is 0 Å². The molecule has 0 bridgehead atoms. The number of nitrogens with zero attached hydrogens (tertiary/aromatic N) is 1. The van der Waals surface area contributed by atoms with Crippen LogP contribution in [0.1, 0.15) is 19.4 Å². The van der Waals surface area contributed by atoms with Gasteiger partial charge in [-0.3, -0.25) is 0 Å². The molecule has 0 fully saturated rings. The summed E-state index contributed by atoms with van der Waals surface area (Å²) < 4.78 is 1.26.